The fourth-order valence-electron chi connectivity index (χ4n) is 3.26. The summed E-state index contributed by atoms with van der Waals surface area (Å²) in [5.74, 6) is 2.49. The number of benzene rings is 1. The van der Waals surface area contributed by atoms with Gasteiger partial charge in [-0.05, 0) is 63.4 Å². The Labute approximate surface area is 164 Å². The van der Waals surface area contributed by atoms with E-state index < -0.39 is 0 Å². The molecule has 0 aromatic heterocycles. The molecule has 6 heteroatoms. The average Bonchev–Trinajstić information content (AvgIpc) is 2.71. The van der Waals surface area contributed by atoms with Gasteiger partial charge in [0, 0.05) is 32.8 Å². The predicted molar refractivity (Wildman–Crippen MR) is 111 cm³/mol. The summed E-state index contributed by atoms with van der Waals surface area (Å²) >= 11 is 0. The zero-order valence-electron chi connectivity index (χ0n) is 17.2. The molecule has 2 rings (SSSR count). The number of nitrogens with one attached hydrogen (secondary N) is 2. The molecule has 1 saturated heterocycles. The highest BCUT2D eigenvalue weighted by Gasteiger charge is 2.19. The molecule has 1 heterocycles. The van der Waals surface area contributed by atoms with E-state index in [1.165, 1.54) is 18.4 Å². The Morgan fingerprint density at radius 1 is 1.15 bits per heavy atom. The first-order valence-electron chi connectivity index (χ1n) is 10.2. The molecule has 1 fully saturated rings. The fourth-order valence-corrected chi connectivity index (χ4v) is 3.26. The molecule has 6 nitrogen and oxygen atoms in total. The Kier molecular flexibility index (Phi) is 10.0. The molecule has 0 aliphatic carbocycles. The van der Waals surface area contributed by atoms with E-state index in [4.69, 9.17) is 14.5 Å². The Bertz CT molecular complexity index is 540. The molecule has 0 amide bonds. The highest BCUT2D eigenvalue weighted by atomic mass is 16.5. The molecule has 1 aromatic carbocycles. The summed E-state index contributed by atoms with van der Waals surface area (Å²) in [4.78, 5) is 7.30. The number of aliphatic imine (C=N–C) groups is 1. The van der Waals surface area contributed by atoms with Crippen LogP contribution in [0.3, 0.4) is 0 Å². The quantitative estimate of drug-likeness (QED) is 0.373. The lowest BCUT2D eigenvalue weighted by Gasteiger charge is -2.31. The summed E-state index contributed by atoms with van der Waals surface area (Å²) in [6.45, 7) is 11.4. The van der Waals surface area contributed by atoms with Gasteiger partial charge in [-0.25, -0.2) is 0 Å². The topological polar surface area (TPSA) is 58.1 Å². The second-order valence-electron chi connectivity index (χ2n) is 6.91. The van der Waals surface area contributed by atoms with Gasteiger partial charge in [0.25, 0.3) is 0 Å². The zero-order chi connectivity index (χ0) is 19.3. The van der Waals surface area contributed by atoms with E-state index in [0.717, 1.165) is 57.6 Å². The Hall–Kier alpha value is -1.79. The Morgan fingerprint density at radius 2 is 1.89 bits per heavy atom. The standard InChI is InChI=1S/C21H36N4O2/c1-4-22-21(23-12-15-27-5-2)24-16-18-10-13-25(14-11-18)17-19-6-8-20(26-3)9-7-19/h6-9,18H,4-5,10-17H2,1-3H3,(H2,22,23,24). The molecule has 1 aliphatic rings. The van der Waals surface area contributed by atoms with Crippen LogP contribution in [0.25, 0.3) is 0 Å². The van der Waals surface area contributed by atoms with Gasteiger partial charge in [0.05, 0.1) is 13.7 Å². The third kappa shape index (κ3) is 8.18. The van der Waals surface area contributed by atoms with Gasteiger partial charge in [-0.3, -0.25) is 9.89 Å². The molecule has 2 N–H and O–H groups in total. The molecule has 0 atom stereocenters. The van der Waals surface area contributed by atoms with Gasteiger partial charge in [0.1, 0.15) is 5.75 Å². The van der Waals surface area contributed by atoms with Crippen LogP contribution in [0.15, 0.2) is 29.3 Å². The SMILES string of the molecule is CCNC(=NCC1CCN(Cc2ccc(OC)cc2)CC1)NCCOCC. The molecule has 0 bridgehead atoms. The molecule has 0 saturated carbocycles. The van der Waals surface area contributed by atoms with Gasteiger partial charge in [-0.1, -0.05) is 12.1 Å². The fraction of sp³-hybridized carbons (Fsp3) is 0.667. The number of hydrogen-bond donors (Lipinski definition) is 2. The zero-order valence-corrected chi connectivity index (χ0v) is 17.2. The second kappa shape index (κ2) is 12.6. The minimum atomic E-state index is 0.666. The van der Waals surface area contributed by atoms with Crippen LogP contribution in [0.2, 0.25) is 0 Å². The summed E-state index contributed by atoms with van der Waals surface area (Å²) in [5, 5.41) is 6.65. The van der Waals surface area contributed by atoms with Crippen LogP contribution in [-0.2, 0) is 11.3 Å². The third-order valence-corrected chi connectivity index (χ3v) is 4.87. The number of nitrogens with zero attached hydrogens (tertiary/aromatic N) is 2. The number of rotatable bonds is 10. The maximum atomic E-state index is 5.37. The van der Waals surface area contributed by atoms with Crippen molar-refractivity contribution in [2.45, 2.75) is 33.2 Å². The normalized spacial score (nSPS) is 16.3. The van der Waals surface area contributed by atoms with Crippen LogP contribution >= 0.6 is 0 Å². The monoisotopic (exact) mass is 376 g/mol. The first kappa shape index (κ1) is 21.5. The summed E-state index contributed by atoms with van der Waals surface area (Å²) in [6, 6.07) is 8.40. The molecular formula is C21H36N4O2. The van der Waals surface area contributed by atoms with Crippen LogP contribution in [0.5, 0.6) is 5.75 Å². The maximum Gasteiger partial charge on any atom is 0.191 e. The lowest BCUT2D eigenvalue weighted by atomic mass is 9.96. The van der Waals surface area contributed by atoms with Gasteiger partial charge in [0.15, 0.2) is 5.96 Å². The average molecular weight is 377 g/mol. The highest BCUT2D eigenvalue weighted by molar-refractivity contribution is 5.79. The van der Waals surface area contributed by atoms with Crippen molar-refractivity contribution in [3.05, 3.63) is 29.8 Å². The van der Waals surface area contributed by atoms with Crippen molar-refractivity contribution in [1.29, 1.82) is 0 Å². The van der Waals surface area contributed by atoms with Crippen molar-refractivity contribution in [2.24, 2.45) is 10.9 Å². The first-order chi connectivity index (χ1) is 13.2. The van der Waals surface area contributed by atoms with E-state index in [1.54, 1.807) is 7.11 Å². The van der Waals surface area contributed by atoms with Crippen molar-refractivity contribution < 1.29 is 9.47 Å². The minimum Gasteiger partial charge on any atom is -0.497 e. The van der Waals surface area contributed by atoms with Crippen molar-refractivity contribution in [3.8, 4) is 5.75 Å². The van der Waals surface area contributed by atoms with E-state index in [0.29, 0.717) is 12.5 Å². The number of ether oxygens (including phenoxy) is 2. The number of methoxy groups -OCH3 is 1. The van der Waals surface area contributed by atoms with Crippen molar-refractivity contribution in [3.63, 3.8) is 0 Å². The van der Waals surface area contributed by atoms with Gasteiger partial charge < -0.3 is 20.1 Å². The molecular weight excluding hydrogens is 340 g/mol. The minimum absolute atomic E-state index is 0.666. The van der Waals surface area contributed by atoms with Crippen molar-refractivity contribution in [2.75, 3.05) is 53.0 Å². The smallest absolute Gasteiger partial charge is 0.191 e. The Balaban J connectivity index is 1.71. The van der Waals surface area contributed by atoms with E-state index in [2.05, 4.69) is 34.6 Å². The van der Waals surface area contributed by atoms with E-state index in [1.807, 2.05) is 19.1 Å². The van der Waals surface area contributed by atoms with Crippen LogP contribution in [-0.4, -0.2) is 63.9 Å². The number of piperidine rings is 1. The first-order valence-corrected chi connectivity index (χ1v) is 10.2. The number of likely N-dealkylation sites (tertiary alicyclic amines) is 1. The summed E-state index contributed by atoms with van der Waals surface area (Å²) in [7, 11) is 1.71. The van der Waals surface area contributed by atoms with Gasteiger partial charge in [-0.2, -0.15) is 0 Å². The van der Waals surface area contributed by atoms with Crippen LogP contribution in [0, 0.1) is 5.92 Å². The summed E-state index contributed by atoms with van der Waals surface area (Å²) < 4.78 is 10.6. The van der Waals surface area contributed by atoms with E-state index in [-0.39, 0.29) is 0 Å². The lowest BCUT2D eigenvalue weighted by molar-refractivity contribution is 0.152. The number of hydrogen-bond acceptors (Lipinski definition) is 4. The molecule has 1 aliphatic heterocycles. The van der Waals surface area contributed by atoms with Crippen molar-refractivity contribution >= 4 is 5.96 Å². The number of guanidine groups is 1. The molecule has 0 spiro atoms. The van der Waals surface area contributed by atoms with Crippen molar-refractivity contribution in [1.82, 2.24) is 15.5 Å². The second-order valence-corrected chi connectivity index (χ2v) is 6.91. The van der Waals surface area contributed by atoms with Gasteiger partial charge >= 0.3 is 0 Å². The largest absolute Gasteiger partial charge is 0.497 e. The third-order valence-electron chi connectivity index (χ3n) is 4.87. The predicted octanol–water partition coefficient (Wildman–Crippen LogP) is 2.50. The van der Waals surface area contributed by atoms with Crippen LogP contribution in [0.4, 0.5) is 0 Å². The maximum absolute atomic E-state index is 5.37. The molecule has 27 heavy (non-hydrogen) atoms. The molecule has 0 radical (unpaired) electrons. The lowest BCUT2D eigenvalue weighted by Crippen LogP contribution is -2.40. The highest BCUT2D eigenvalue weighted by Crippen LogP contribution is 2.20. The summed E-state index contributed by atoms with van der Waals surface area (Å²) in [5.41, 5.74) is 1.35. The van der Waals surface area contributed by atoms with Crippen LogP contribution < -0.4 is 15.4 Å². The van der Waals surface area contributed by atoms with Gasteiger partial charge in [0.2, 0.25) is 0 Å². The summed E-state index contributed by atoms with van der Waals surface area (Å²) in [6.07, 6.45) is 2.41. The van der Waals surface area contributed by atoms with E-state index in [9.17, 15) is 0 Å². The Morgan fingerprint density at radius 3 is 2.52 bits per heavy atom. The molecule has 1 aromatic rings. The van der Waals surface area contributed by atoms with E-state index >= 15 is 0 Å². The molecule has 0 unspecified atom stereocenters. The van der Waals surface area contributed by atoms with Gasteiger partial charge in [-0.15, -0.1) is 0 Å². The molecule has 152 valence electrons. The van der Waals surface area contributed by atoms with Crippen LogP contribution in [0.1, 0.15) is 32.3 Å².